The van der Waals surface area contributed by atoms with Gasteiger partial charge in [0.05, 0.1) is 10.7 Å². The number of rotatable bonds is 3. The SMILES string of the molecule is CCC(c1ncccc1Cl)C(C)N. The van der Waals surface area contributed by atoms with E-state index in [0.29, 0.717) is 5.02 Å². The van der Waals surface area contributed by atoms with Crippen LogP contribution in [0.4, 0.5) is 0 Å². The standard InChI is InChI=1S/C10H15ClN2/c1-3-8(7(2)12)10-9(11)5-4-6-13-10/h4-8H,3,12H2,1-2H3. The molecule has 0 saturated heterocycles. The Balaban J connectivity index is 2.97. The maximum Gasteiger partial charge on any atom is 0.0635 e. The highest BCUT2D eigenvalue weighted by atomic mass is 35.5. The Morgan fingerprint density at radius 3 is 2.77 bits per heavy atom. The van der Waals surface area contributed by atoms with E-state index in [1.165, 1.54) is 0 Å². The fourth-order valence-corrected chi connectivity index (χ4v) is 1.75. The molecule has 0 bridgehead atoms. The van der Waals surface area contributed by atoms with Crippen molar-refractivity contribution in [3.8, 4) is 0 Å². The molecule has 0 aliphatic heterocycles. The van der Waals surface area contributed by atoms with Crippen molar-refractivity contribution in [2.24, 2.45) is 5.73 Å². The molecule has 72 valence electrons. The molecule has 0 radical (unpaired) electrons. The monoisotopic (exact) mass is 198 g/mol. The number of halogens is 1. The molecule has 1 rings (SSSR count). The van der Waals surface area contributed by atoms with Crippen LogP contribution in [0.15, 0.2) is 18.3 Å². The smallest absolute Gasteiger partial charge is 0.0635 e. The van der Waals surface area contributed by atoms with Crippen molar-refractivity contribution in [2.75, 3.05) is 0 Å². The molecule has 0 aliphatic rings. The Morgan fingerprint density at radius 1 is 1.62 bits per heavy atom. The van der Waals surface area contributed by atoms with Crippen LogP contribution in [0.25, 0.3) is 0 Å². The van der Waals surface area contributed by atoms with Crippen molar-refractivity contribution in [3.05, 3.63) is 29.0 Å². The Bertz CT molecular complexity index is 273. The van der Waals surface area contributed by atoms with Gasteiger partial charge in [-0.15, -0.1) is 0 Å². The fraction of sp³-hybridized carbons (Fsp3) is 0.500. The van der Waals surface area contributed by atoms with Gasteiger partial charge in [0.1, 0.15) is 0 Å². The summed E-state index contributed by atoms with van der Waals surface area (Å²) in [6.45, 7) is 4.08. The summed E-state index contributed by atoms with van der Waals surface area (Å²) in [6.07, 6.45) is 2.72. The second-order valence-electron chi connectivity index (χ2n) is 3.24. The highest BCUT2D eigenvalue weighted by Gasteiger charge is 2.17. The molecule has 2 atom stereocenters. The molecular weight excluding hydrogens is 184 g/mol. The van der Waals surface area contributed by atoms with Gasteiger partial charge in [0.2, 0.25) is 0 Å². The molecule has 0 amide bonds. The van der Waals surface area contributed by atoms with Crippen molar-refractivity contribution < 1.29 is 0 Å². The van der Waals surface area contributed by atoms with E-state index in [1.807, 2.05) is 19.1 Å². The summed E-state index contributed by atoms with van der Waals surface area (Å²) < 4.78 is 0. The first kappa shape index (κ1) is 10.5. The van der Waals surface area contributed by atoms with E-state index < -0.39 is 0 Å². The van der Waals surface area contributed by atoms with Crippen molar-refractivity contribution in [2.45, 2.75) is 32.2 Å². The number of aromatic nitrogens is 1. The lowest BCUT2D eigenvalue weighted by molar-refractivity contribution is 0.540. The minimum atomic E-state index is 0.0948. The van der Waals surface area contributed by atoms with Crippen molar-refractivity contribution in [1.82, 2.24) is 4.98 Å². The highest BCUT2D eigenvalue weighted by molar-refractivity contribution is 6.31. The van der Waals surface area contributed by atoms with E-state index in [2.05, 4.69) is 11.9 Å². The number of pyridine rings is 1. The third-order valence-corrected chi connectivity index (χ3v) is 2.53. The average Bonchev–Trinajstić information content (AvgIpc) is 2.09. The van der Waals surface area contributed by atoms with Gasteiger partial charge >= 0.3 is 0 Å². The van der Waals surface area contributed by atoms with Gasteiger partial charge in [-0.3, -0.25) is 4.98 Å². The van der Waals surface area contributed by atoms with Gasteiger partial charge in [-0.25, -0.2) is 0 Å². The van der Waals surface area contributed by atoms with E-state index in [1.54, 1.807) is 6.20 Å². The maximum absolute atomic E-state index is 6.02. The zero-order valence-corrected chi connectivity index (χ0v) is 8.75. The number of nitrogens with two attached hydrogens (primary N) is 1. The van der Waals surface area contributed by atoms with E-state index in [9.17, 15) is 0 Å². The van der Waals surface area contributed by atoms with Crippen LogP contribution in [0, 0.1) is 0 Å². The molecular formula is C10H15ClN2. The number of hydrogen-bond donors (Lipinski definition) is 1. The van der Waals surface area contributed by atoms with E-state index in [0.717, 1.165) is 12.1 Å². The molecule has 3 heteroatoms. The van der Waals surface area contributed by atoms with Gasteiger partial charge in [0, 0.05) is 18.2 Å². The molecule has 2 unspecified atom stereocenters. The van der Waals surface area contributed by atoms with Gasteiger partial charge < -0.3 is 5.73 Å². The zero-order valence-electron chi connectivity index (χ0n) is 8.00. The fourth-order valence-electron chi connectivity index (χ4n) is 1.48. The predicted molar refractivity (Wildman–Crippen MR) is 55.9 cm³/mol. The van der Waals surface area contributed by atoms with Crippen LogP contribution >= 0.6 is 11.6 Å². The molecule has 0 aliphatic carbocycles. The van der Waals surface area contributed by atoms with E-state index in [4.69, 9.17) is 17.3 Å². The Morgan fingerprint density at radius 2 is 2.31 bits per heavy atom. The van der Waals surface area contributed by atoms with Crippen LogP contribution in [0.2, 0.25) is 5.02 Å². The Hall–Kier alpha value is -0.600. The molecule has 1 heterocycles. The van der Waals surface area contributed by atoms with Crippen molar-refractivity contribution in [1.29, 1.82) is 0 Å². The second kappa shape index (κ2) is 4.58. The molecule has 13 heavy (non-hydrogen) atoms. The third kappa shape index (κ3) is 2.42. The summed E-state index contributed by atoms with van der Waals surface area (Å²) in [5.74, 6) is 0.258. The van der Waals surface area contributed by atoms with Gasteiger partial charge in [0.25, 0.3) is 0 Å². The Kier molecular flexibility index (Phi) is 3.70. The minimum absolute atomic E-state index is 0.0948. The molecule has 0 fully saturated rings. The first-order chi connectivity index (χ1) is 6.16. The largest absolute Gasteiger partial charge is 0.327 e. The average molecular weight is 199 g/mol. The summed E-state index contributed by atoms with van der Waals surface area (Å²) in [7, 11) is 0. The molecule has 2 N–H and O–H groups in total. The normalized spacial score (nSPS) is 15.4. The lowest BCUT2D eigenvalue weighted by Crippen LogP contribution is -2.25. The lowest BCUT2D eigenvalue weighted by Gasteiger charge is -2.18. The molecule has 0 spiro atoms. The molecule has 1 aromatic heterocycles. The van der Waals surface area contributed by atoms with Crippen LogP contribution in [-0.2, 0) is 0 Å². The number of hydrogen-bond acceptors (Lipinski definition) is 2. The molecule has 0 aromatic carbocycles. The first-order valence-electron chi connectivity index (χ1n) is 4.52. The van der Waals surface area contributed by atoms with Gasteiger partial charge in [-0.1, -0.05) is 18.5 Å². The van der Waals surface area contributed by atoms with Crippen LogP contribution in [0.5, 0.6) is 0 Å². The highest BCUT2D eigenvalue weighted by Crippen LogP contribution is 2.26. The third-order valence-electron chi connectivity index (χ3n) is 2.21. The Labute approximate surface area is 84.1 Å². The quantitative estimate of drug-likeness (QED) is 0.811. The zero-order chi connectivity index (χ0) is 9.84. The van der Waals surface area contributed by atoms with Crippen LogP contribution < -0.4 is 5.73 Å². The van der Waals surface area contributed by atoms with Crippen LogP contribution in [-0.4, -0.2) is 11.0 Å². The van der Waals surface area contributed by atoms with Gasteiger partial charge in [-0.05, 0) is 25.5 Å². The van der Waals surface area contributed by atoms with Crippen molar-refractivity contribution >= 4 is 11.6 Å². The van der Waals surface area contributed by atoms with Gasteiger partial charge in [0.15, 0.2) is 0 Å². The van der Waals surface area contributed by atoms with E-state index >= 15 is 0 Å². The predicted octanol–water partition coefficient (Wildman–Crippen LogP) is 2.58. The second-order valence-corrected chi connectivity index (χ2v) is 3.65. The van der Waals surface area contributed by atoms with E-state index in [-0.39, 0.29) is 12.0 Å². The maximum atomic E-state index is 6.02. The van der Waals surface area contributed by atoms with Crippen LogP contribution in [0.1, 0.15) is 31.9 Å². The lowest BCUT2D eigenvalue weighted by atomic mass is 9.95. The summed E-state index contributed by atoms with van der Waals surface area (Å²) in [6, 6.07) is 3.78. The summed E-state index contributed by atoms with van der Waals surface area (Å²) >= 11 is 6.02. The topological polar surface area (TPSA) is 38.9 Å². The first-order valence-corrected chi connectivity index (χ1v) is 4.90. The number of nitrogens with zero attached hydrogens (tertiary/aromatic N) is 1. The molecule has 0 saturated carbocycles. The molecule has 2 nitrogen and oxygen atoms in total. The summed E-state index contributed by atoms with van der Waals surface area (Å²) in [5, 5.41) is 0.714. The summed E-state index contributed by atoms with van der Waals surface area (Å²) in [4.78, 5) is 4.26. The molecule has 1 aromatic rings. The van der Waals surface area contributed by atoms with Crippen molar-refractivity contribution in [3.63, 3.8) is 0 Å². The van der Waals surface area contributed by atoms with Crippen LogP contribution in [0.3, 0.4) is 0 Å². The minimum Gasteiger partial charge on any atom is -0.327 e. The van der Waals surface area contributed by atoms with Gasteiger partial charge in [-0.2, -0.15) is 0 Å². The summed E-state index contributed by atoms with van der Waals surface area (Å²) in [5.41, 5.74) is 6.77.